The van der Waals surface area contributed by atoms with Crippen LogP contribution in [0.25, 0.3) is 0 Å². The predicted molar refractivity (Wildman–Crippen MR) is 81.2 cm³/mol. The number of nitrogens with zero attached hydrogens (tertiary/aromatic N) is 2. The fourth-order valence-electron chi connectivity index (χ4n) is 3.67. The molecule has 0 unspecified atom stereocenters. The summed E-state index contributed by atoms with van der Waals surface area (Å²) in [5.41, 5.74) is 0. The molecule has 4 heteroatoms. The molecular formula is C17H26N2O2. The highest BCUT2D eigenvalue weighted by Gasteiger charge is 2.37. The third kappa shape index (κ3) is 3.33. The maximum Gasteiger partial charge on any atom is 0.118 e. The zero-order valence-electron chi connectivity index (χ0n) is 13.0. The van der Waals surface area contributed by atoms with Gasteiger partial charge in [0.05, 0.1) is 12.6 Å². The molecule has 3 aliphatic rings. The summed E-state index contributed by atoms with van der Waals surface area (Å²) < 4.78 is 11.8. The van der Waals surface area contributed by atoms with Crippen LogP contribution < -0.4 is 0 Å². The van der Waals surface area contributed by atoms with Crippen LogP contribution in [-0.4, -0.2) is 54.7 Å². The van der Waals surface area contributed by atoms with E-state index >= 15 is 0 Å². The first-order valence-corrected chi connectivity index (χ1v) is 8.39. The second kappa shape index (κ2) is 5.75. The van der Waals surface area contributed by atoms with Crippen LogP contribution >= 0.6 is 0 Å². The molecule has 1 saturated carbocycles. The number of piperazine rings is 1. The molecule has 0 N–H and O–H groups in total. The zero-order valence-corrected chi connectivity index (χ0v) is 13.0. The summed E-state index contributed by atoms with van der Waals surface area (Å²) in [4.78, 5) is 5.16. The van der Waals surface area contributed by atoms with Crippen molar-refractivity contribution in [1.29, 1.82) is 0 Å². The van der Waals surface area contributed by atoms with Crippen molar-refractivity contribution in [3.8, 4) is 0 Å². The standard InChI is InChI=1S/C17H26N2O2/c1-13-2-5-16(21-13)10-18-6-7-19-11-17(8-15(19)9-18)20-12-14-3-4-14/h2,5,14-15,17H,3-4,6-12H2,1H3/t15-,17+/m0/s1. The molecule has 2 atom stereocenters. The molecule has 2 saturated heterocycles. The van der Waals surface area contributed by atoms with Gasteiger partial charge in [-0.25, -0.2) is 0 Å². The number of ether oxygens (including phenoxy) is 1. The molecule has 3 heterocycles. The minimum atomic E-state index is 0.474. The molecule has 0 spiro atoms. The first-order valence-electron chi connectivity index (χ1n) is 8.39. The molecule has 0 bridgehead atoms. The van der Waals surface area contributed by atoms with E-state index in [1.807, 2.05) is 6.92 Å². The molecule has 2 aliphatic heterocycles. The minimum Gasteiger partial charge on any atom is -0.465 e. The van der Waals surface area contributed by atoms with E-state index in [1.165, 1.54) is 25.8 Å². The fraction of sp³-hybridized carbons (Fsp3) is 0.765. The molecule has 1 aromatic rings. The lowest BCUT2D eigenvalue weighted by molar-refractivity contribution is 0.0506. The van der Waals surface area contributed by atoms with Crippen molar-refractivity contribution in [2.75, 3.05) is 32.8 Å². The second-order valence-corrected chi connectivity index (χ2v) is 7.03. The van der Waals surface area contributed by atoms with E-state index < -0.39 is 0 Å². The van der Waals surface area contributed by atoms with Gasteiger partial charge in [0, 0.05) is 38.8 Å². The van der Waals surface area contributed by atoms with Crippen LogP contribution in [0.4, 0.5) is 0 Å². The third-order valence-corrected chi connectivity index (χ3v) is 5.10. The maximum absolute atomic E-state index is 6.10. The van der Waals surface area contributed by atoms with Crippen LogP contribution in [0, 0.1) is 12.8 Å². The number of furan rings is 1. The first kappa shape index (κ1) is 13.8. The molecule has 116 valence electrons. The van der Waals surface area contributed by atoms with Crippen molar-refractivity contribution in [3.05, 3.63) is 23.7 Å². The van der Waals surface area contributed by atoms with Crippen molar-refractivity contribution in [2.45, 2.75) is 44.9 Å². The summed E-state index contributed by atoms with van der Waals surface area (Å²) in [6.07, 6.45) is 4.45. The van der Waals surface area contributed by atoms with Gasteiger partial charge in [-0.05, 0) is 44.2 Å². The van der Waals surface area contributed by atoms with E-state index in [-0.39, 0.29) is 0 Å². The Morgan fingerprint density at radius 1 is 1.24 bits per heavy atom. The van der Waals surface area contributed by atoms with E-state index in [4.69, 9.17) is 9.15 Å². The Morgan fingerprint density at radius 2 is 2.14 bits per heavy atom. The highest BCUT2D eigenvalue weighted by molar-refractivity contribution is 5.06. The van der Waals surface area contributed by atoms with E-state index in [2.05, 4.69) is 21.9 Å². The highest BCUT2D eigenvalue weighted by Crippen LogP contribution is 2.31. The van der Waals surface area contributed by atoms with Crippen LogP contribution in [0.5, 0.6) is 0 Å². The van der Waals surface area contributed by atoms with Gasteiger partial charge in [-0.1, -0.05) is 0 Å². The molecule has 0 amide bonds. The molecule has 1 aliphatic carbocycles. The summed E-state index contributed by atoms with van der Waals surface area (Å²) in [5, 5.41) is 0. The molecule has 21 heavy (non-hydrogen) atoms. The van der Waals surface area contributed by atoms with Crippen LogP contribution in [0.2, 0.25) is 0 Å². The second-order valence-electron chi connectivity index (χ2n) is 7.03. The Balaban J connectivity index is 1.28. The molecule has 4 nitrogen and oxygen atoms in total. The number of hydrogen-bond donors (Lipinski definition) is 0. The summed E-state index contributed by atoms with van der Waals surface area (Å²) in [7, 11) is 0. The quantitative estimate of drug-likeness (QED) is 0.832. The molecule has 1 aromatic heterocycles. The lowest BCUT2D eigenvalue weighted by Gasteiger charge is -2.36. The van der Waals surface area contributed by atoms with Gasteiger partial charge in [0.15, 0.2) is 0 Å². The van der Waals surface area contributed by atoms with E-state index in [9.17, 15) is 0 Å². The van der Waals surface area contributed by atoms with Crippen molar-refractivity contribution in [3.63, 3.8) is 0 Å². The van der Waals surface area contributed by atoms with Gasteiger partial charge in [0.1, 0.15) is 11.5 Å². The average molecular weight is 290 g/mol. The van der Waals surface area contributed by atoms with Crippen molar-refractivity contribution >= 4 is 0 Å². The summed E-state index contributed by atoms with van der Waals surface area (Å²) >= 11 is 0. The van der Waals surface area contributed by atoms with Crippen molar-refractivity contribution < 1.29 is 9.15 Å². The monoisotopic (exact) mass is 290 g/mol. The molecular weight excluding hydrogens is 264 g/mol. The predicted octanol–water partition coefficient (Wildman–Crippen LogP) is 2.27. The van der Waals surface area contributed by atoms with Crippen LogP contribution in [0.15, 0.2) is 16.5 Å². The van der Waals surface area contributed by atoms with Crippen LogP contribution in [-0.2, 0) is 11.3 Å². The molecule has 3 fully saturated rings. The fourth-order valence-corrected chi connectivity index (χ4v) is 3.67. The number of aryl methyl sites for hydroxylation is 1. The van der Waals surface area contributed by atoms with Crippen molar-refractivity contribution in [2.24, 2.45) is 5.92 Å². The van der Waals surface area contributed by atoms with E-state index in [0.29, 0.717) is 12.1 Å². The van der Waals surface area contributed by atoms with E-state index in [1.54, 1.807) is 0 Å². The summed E-state index contributed by atoms with van der Waals surface area (Å²) in [5.74, 6) is 2.99. The number of fused-ring (bicyclic) bond motifs is 1. The largest absolute Gasteiger partial charge is 0.465 e. The Labute approximate surface area is 127 Å². The lowest BCUT2D eigenvalue weighted by atomic mass is 10.1. The Bertz CT molecular complexity index is 483. The smallest absolute Gasteiger partial charge is 0.118 e. The van der Waals surface area contributed by atoms with Gasteiger partial charge in [0.25, 0.3) is 0 Å². The van der Waals surface area contributed by atoms with E-state index in [0.717, 1.165) is 50.2 Å². The number of rotatable bonds is 5. The van der Waals surface area contributed by atoms with Gasteiger partial charge in [-0.2, -0.15) is 0 Å². The van der Waals surface area contributed by atoms with Gasteiger partial charge in [-0.3, -0.25) is 9.80 Å². The maximum atomic E-state index is 6.10. The van der Waals surface area contributed by atoms with Gasteiger partial charge in [-0.15, -0.1) is 0 Å². The number of hydrogen-bond acceptors (Lipinski definition) is 4. The normalized spacial score (nSPS) is 30.7. The Kier molecular flexibility index (Phi) is 3.78. The first-order chi connectivity index (χ1) is 10.3. The van der Waals surface area contributed by atoms with Gasteiger partial charge < -0.3 is 9.15 Å². The lowest BCUT2D eigenvalue weighted by Crippen LogP contribution is -2.49. The molecule has 0 aromatic carbocycles. The third-order valence-electron chi connectivity index (χ3n) is 5.10. The summed E-state index contributed by atoms with van der Waals surface area (Å²) in [6, 6.07) is 4.85. The van der Waals surface area contributed by atoms with Crippen LogP contribution in [0.3, 0.4) is 0 Å². The van der Waals surface area contributed by atoms with Gasteiger partial charge in [0.2, 0.25) is 0 Å². The molecule has 4 rings (SSSR count). The van der Waals surface area contributed by atoms with Crippen LogP contribution in [0.1, 0.15) is 30.8 Å². The Morgan fingerprint density at radius 3 is 2.90 bits per heavy atom. The minimum absolute atomic E-state index is 0.474. The highest BCUT2D eigenvalue weighted by atomic mass is 16.5. The SMILES string of the molecule is Cc1ccc(CN2CCN3C[C@H](OCC4CC4)C[C@H]3C2)o1. The zero-order chi connectivity index (χ0) is 14.2. The average Bonchev–Trinajstić information content (AvgIpc) is 3.08. The molecule has 0 radical (unpaired) electrons. The van der Waals surface area contributed by atoms with Crippen molar-refractivity contribution in [1.82, 2.24) is 9.80 Å². The topological polar surface area (TPSA) is 28.9 Å². The van der Waals surface area contributed by atoms with Gasteiger partial charge >= 0.3 is 0 Å². The summed E-state index contributed by atoms with van der Waals surface area (Å²) in [6.45, 7) is 8.58. The Hall–Kier alpha value is -0.840.